The third kappa shape index (κ3) is 6.44. The first-order chi connectivity index (χ1) is 8.67. The van der Waals surface area contributed by atoms with Crippen molar-refractivity contribution >= 4 is 29.0 Å². The Balaban J connectivity index is 2.56. The van der Waals surface area contributed by atoms with Gasteiger partial charge in [0.05, 0.1) is 0 Å². The van der Waals surface area contributed by atoms with Crippen LogP contribution in [0.4, 0.5) is 0 Å². The molecule has 0 saturated heterocycles. The van der Waals surface area contributed by atoms with Gasteiger partial charge in [-0.15, -0.1) is 0 Å². The maximum Gasteiger partial charge on any atom is 0.137 e. The lowest BCUT2D eigenvalue weighted by molar-refractivity contribution is -0.119. The molecule has 1 unspecified atom stereocenters. The highest BCUT2D eigenvalue weighted by atomic mass is 35.5. The van der Waals surface area contributed by atoms with Crippen LogP contribution >= 0.6 is 23.2 Å². The number of carbonyl (C=O) groups excluding carboxylic acids is 1. The molecular formula is C16H22Cl2O. The van der Waals surface area contributed by atoms with E-state index in [9.17, 15) is 4.79 Å². The van der Waals surface area contributed by atoms with Gasteiger partial charge in [0.2, 0.25) is 0 Å². The van der Waals surface area contributed by atoms with E-state index in [1.54, 1.807) is 12.1 Å². The monoisotopic (exact) mass is 300 g/mol. The number of ketones is 1. The summed E-state index contributed by atoms with van der Waals surface area (Å²) in [4.78, 5) is 12.1. The van der Waals surface area contributed by atoms with Crippen molar-refractivity contribution in [1.82, 2.24) is 0 Å². The van der Waals surface area contributed by atoms with Crippen molar-refractivity contribution in [3.05, 3.63) is 33.8 Å². The van der Waals surface area contributed by atoms with Gasteiger partial charge in [0.1, 0.15) is 5.78 Å². The van der Waals surface area contributed by atoms with Crippen molar-refractivity contribution < 1.29 is 4.79 Å². The molecule has 3 heteroatoms. The van der Waals surface area contributed by atoms with Crippen LogP contribution in [0.1, 0.15) is 46.1 Å². The quantitative estimate of drug-likeness (QED) is 0.695. The highest BCUT2D eigenvalue weighted by molar-refractivity contribution is 6.35. The summed E-state index contributed by atoms with van der Waals surface area (Å²) in [6, 6.07) is 5.29. The van der Waals surface area contributed by atoms with Crippen molar-refractivity contribution in [1.29, 1.82) is 0 Å². The van der Waals surface area contributed by atoms with Gasteiger partial charge in [-0.1, -0.05) is 57.0 Å². The molecular weight excluding hydrogens is 279 g/mol. The molecule has 0 aliphatic heterocycles. The minimum atomic E-state index is 0.237. The molecule has 1 nitrogen and oxygen atoms in total. The maximum absolute atomic E-state index is 12.1. The van der Waals surface area contributed by atoms with Crippen LogP contribution < -0.4 is 0 Å². The van der Waals surface area contributed by atoms with Crippen molar-refractivity contribution in [3.8, 4) is 0 Å². The summed E-state index contributed by atoms with van der Waals surface area (Å²) in [6.07, 6.45) is 2.05. The standard InChI is InChI=1S/C16H22Cl2O/c1-11(10-16(2,3)4)7-14(19)8-12-5-6-13(17)9-15(12)18/h5-6,9,11H,7-8,10H2,1-4H3. The summed E-state index contributed by atoms with van der Waals surface area (Å²) in [6.45, 7) is 8.73. The molecule has 1 aromatic rings. The van der Waals surface area contributed by atoms with E-state index in [1.165, 1.54) is 0 Å². The predicted molar refractivity (Wildman–Crippen MR) is 83.0 cm³/mol. The summed E-state index contributed by atoms with van der Waals surface area (Å²) >= 11 is 11.9. The molecule has 0 aromatic heterocycles. The van der Waals surface area contributed by atoms with Crippen molar-refractivity contribution in [2.45, 2.75) is 47.0 Å². The van der Waals surface area contributed by atoms with Crippen molar-refractivity contribution in [3.63, 3.8) is 0 Å². The Bertz CT molecular complexity index is 447. The van der Waals surface area contributed by atoms with Gasteiger partial charge in [-0.2, -0.15) is 0 Å². The normalized spacial score (nSPS) is 13.4. The molecule has 0 bridgehead atoms. The van der Waals surface area contributed by atoms with Gasteiger partial charge in [-0.3, -0.25) is 4.79 Å². The highest BCUT2D eigenvalue weighted by Crippen LogP contribution is 2.27. The van der Waals surface area contributed by atoms with E-state index < -0.39 is 0 Å². The lowest BCUT2D eigenvalue weighted by Crippen LogP contribution is -2.15. The van der Waals surface area contributed by atoms with Gasteiger partial charge in [-0.05, 0) is 35.4 Å². The minimum absolute atomic E-state index is 0.237. The second-order valence-corrected chi connectivity index (χ2v) is 7.37. The van der Waals surface area contributed by atoms with Gasteiger partial charge in [0.15, 0.2) is 0 Å². The Morgan fingerprint density at radius 2 is 1.89 bits per heavy atom. The smallest absolute Gasteiger partial charge is 0.137 e. The molecule has 0 radical (unpaired) electrons. The minimum Gasteiger partial charge on any atom is -0.299 e. The summed E-state index contributed by atoms with van der Waals surface area (Å²) in [7, 11) is 0. The zero-order valence-corrected chi connectivity index (χ0v) is 13.6. The zero-order valence-electron chi connectivity index (χ0n) is 12.1. The average molecular weight is 301 g/mol. The molecule has 19 heavy (non-hydrogen) atoms. The zero-order chi connectivity index (χ0) is 14.6. The molecule has 0 heterocycles. The summed E-state index contributed by atoms with van der Waals surface area (Å²) in [5.74, 6) is 0.638. The molecule has 1 rings (SSSR count). The van der Waals surface area contributed by atoms with Crippen LogP contribution in [0, 0.1) is 11.3 Å². The molecule has 0 amide bonds. The third-order valence-corrected chi connectivity index (χ3v) is 3.53. The lowest BCUT2D eigenvalue weighted by Gasteiger charge is -2.22. The van der Waals surface area contributed by atoms with E-state index in [1.807, 2.05) is 6.07 Å². The Kier molecular flexibility index (Phi) is 5.88. The fourth-order valence-corrected chi connectivity index (χ4v) is 2.93. The van der Waals surface area contributed by atoms with E-state index in [0.29, 0.717) is 28.8 Å². The van der Waals surface area contributed by atoms with E-state index in [-0.39, 0.29) is 11.2 Å². The fraction of sp³-hybridized carbons (Fsp3) is 0.562. The predicted octanol–water partition coefficient (Wildman–Crippen LogP) is 5.57. The number of carbonyl (C=O) groups is 1. The molecule has 106 valence electrons. The summed E-state index contributed by atoms with van der Waals surface area (Å²) < 4.78 is 0. The lowest BCUT2D eigenvalue weighted by atomic mass is 9.83. The van der Waals surface area contributed by atoms with Gasteiger partial charge in [0.25, 0.3) is 0 Å². The molecule has 0 spiro atoms. The number of benzene rings is 1. The average Bonchev–Trinajstić information content (AvgIpc) is 2.19. The Hall–Kier alpha value is -0.530. The maximum atomic E-state index is 12.1. The summed E-state index contributed by atoms with van der Waals surface area (Å²) in [5.41, 5.74) is 1.12. The van der Waals surface area contributed by atoms with Crippen LogP contribution in [0.2, 0.25) is 10.0 Å². The molecule has 0 saturated carbocycles. The Morgan fingerprint density at radius 1 is 1.26 bits per heavy atom. The van der Waals surface area contributed by atoms with E-state index in [0.717, 1.165) is 12.0 Å². The second-order valence-electron chi connectivity index (χ2n) is 6.53. The van der Waals surface area contributed by atoms with Crippen molar-refractivity contribution in [2.75, 3.05) is 0 Å². The highest BCUT2D eigenvalue weighted by Gasteiger charge is 2.18. The van der Waals surface area contributed by atoms with Crippen LogP contribution in [0.15, 0.2) is 18.2 Å². The SMILES string of the molecule is CC(CC(=O)Cc1ccc(Cl)cc1Cl)CC(C)(C)C. The van der Waals surface area contributed by atoms with Gasteiger partial charge in [-0.25, -0.2) is 0 Å². The molecule has 0 fully saturated rings. The number of rotatable bonds is 5. The van der Waals surface area contributed by atoms with Crippen LogP contribution in [-0.4, -0.2) is 5.78 Å². The number of hydrogen-bond donors (Lipinski definition) is 0. The van der Waals surface area contributed by atoms with E-state index in [2.05, 4.69) is 27.7 Å². The number of hydrogen-bond acceptors (Lipinski definition) is 1. The van der Waals surface area contributed by atoms with Crippen LogP contribution in [-0.2, 0) is 11.2 Å². The van der Waals surface area contributed by atoms with Crippen LogP contribution in [0.5, 0.6) is 0 Å². The van der Waals surface area contributed by atoms with Crippen LogP contribution in [0.3, 0.4) is 0 Å². The fourth-order valence-electron chi connectivity index (χ4n) is 2.46. The van der Waals surface area contributed by atoms with Crippen molar-refractivity contribution in [2.24, 2.45) is 11.3 Å². The molecule has 1 atom stereocenters. The second kappa shape index (κ2) is 6.76. The Morgan fingerprint density at radius 3 is 2.42 bits per heavy atom. The number of halogens is 2. The first-order valence-electron chi connectivity index (χ1n) is 6.63. The first-order valence-corrected chi connectivity index (χ1v) is 7.38. The Labute approximate surface area is 126 Å². The molecule has 0 N–H and O–H groups in total. The van der Waals surface area contributed by atoms with Gasteiger partial charge in [0, 0.05) is 22.9 Å². The first kappa shape index (κ1) is 16.5. The molecule has 1 aromatic carbocycles. The molecule has 0 aliphatic carbocycles. The molecule has 0 aliphatic rings. The van der Waals surface area contributed by atoms with Gasteiger partial charge >= 0.3 is 0 Å². The summed E-state index contributed by atoms with van der Waals surface area (Å²) in [5, 5.41) is 1.17. The largest absolute Gasteiger partial charge is 0.299 e. The van der Waals surface area contributed by atoms with Crippen LogP contribution in [0.25, 0.3) is 0 Å². The van der Waals surface area contributed by atoms with E-state index >= 15 is 0 Å². The topological polar surface area (TPSA) is 17.1 Å². The van der Waals surface area contributed by atoms with E-state index in [4.69, 9.17) is 23.2 Å². The van der Waals surface area contributed by atoms with Gasteiger partial charge < -0.3 is 0 Å². The number of Topliss-reactive ketones (excluding diaryl/α,β-unsaturated/α-hetero) is 1. The third-order valence-electron chi connectivity index (χ3n) is 2.94.